The standard InChI is InChI=1S/C61H51NO16S2/c1-3-51(63)73-44-23-27-46(28-24-44)75-58(67)42-19-15-38(16-20-42)56(65)71-34-36-7-11-40(12-8-36)60(69)77-48-31-32-49(54-53(48)62-55(80-54)50-6-5-33-79-50)78-61(70)41-13-9-37(10-14-41)35-72-57(66)39-17-21-43(22-18-39)59(68)76-47-29-25-45(26-30-47)74-52(64)4-2/h3-14,23-33,38-39,42-43H,1-2,15-22,34-35H2. The Kier molecular flexibility index (Phi) is 18.1. The van der Waals surface area contributed by atoms with Crippen LogP contribution in [0.25, 0.3) is 20.1 Å². The molecule has 0 atom stereocenters. The van der Waals surface area contributed by atoms with Gasteiger partial charge in [0.1, 0.15) is 51.4 Å². The van der Waals surface area contributed by atoms with Crippen LogP contribution in [0, 0.1) is 23.7 Å². The molecule has 0 bridgehead atoms. The molecule has 2 aliphatic rings. The SMILES string of the molecule is C=CC(=O)Oc1ccc(OC(=O)C2CCC(C(=O)OCc3ccc(C(=O)Oc4ccc(OC(=O)c5ccc(COC(=O)C6CCC(C(=O)Oc7ccc(OC(=O)C=C)cc7)CC6)cc5)c5sc(-c6cccs6)nc45)cc3)CC2)cc1. The molecule has 2 fully saturated rings. The molecule has 2 aliphatic carbocycles. The summed E-state index contributed by atoms with van der Waals surface area (Å²) in [4.78, 5) is 107. The van der Waals surface area contributed by atoms with E-state index >= 15 is 0 Å². The lowest BCUT2D eigenvalue weighted by Gasteiger charge is -2.25. The van der Waals surface area contributed by atoms with Crippen LogP contribution in [0.15, 0.2) is 152 Å². The van der Waals surface area contributed by atoms with E-state index in [1.54, 1.807) is 48.5 Å². The van der Waals surface area contributed by atoms with Crippen LogP contribution >= 0.6 is 22.7 Å². The van der Waals surface area contributed by atoms with Crippen molar-refractivity contribution >= 4 is 80.6 Å². The van der Waals surface area contributed by atoms with Gasteiger partial charge in [-0.25, -0.2) is 24.2 Å². The molecule has 17 nitrogen and oxygen atoms in total. The molecule has 0 N–H and O–H groups in total. The van der Waals surface area contributed by atoms with Crippen molar-refractivity contribution in [2.45, 2.75) is 64.6 Å². The molecule has 0 spiro atoms. The van der Waals surface area contributed by atoms with E-state index in [9.17, 15) is 38.4 Å². The molecule has 408 valence electrons. The number of thiazole rings is 1. The van der Waals surface area contributed by atoms with E-state index in [0.717, 1.165) is 17.0 Å². The Morgan fingerprint density at radius 2 is 0.850 bits per heavy atom. The second-order valence-electron chi connectivity index (χ2n) is 18.8. The predicted molar refractivity (Wildman–Crippen MR) is 292 cm³/mol. The zero-order valence-electron chi connectivity index (χ0n) is 42.9. The van der Waals surface area contributed by atoms with Crippen molar-refractivity contribution in [2.24, 2.45) is 23.7 Å². The van der Waals surface area contributed by atoms with Gasteiger partial charge in [0, 0.05) is 12.2 Å². The van der Waals surface area contributed by atoms with Crippen molar-refractivity contribution in [3.8, 4) is 44.4 Å². The van der Waals surface area contributed by atoms with Gasteiger partial charge in [0.05, 0.1) is 39.7 Å². The minimum absolute atomic E-state index is 0.0217. The monoisotopic (exact) mass is 1120 g/mol. The van der Waals surface area contributed by atoms with Crippen LogP contribution < -0.4 is 28.4 Å². The van der Waals surface area contributed by atoms with Crippen molar-refractivity contribution < 1.29 is 76.3 Å². The molecule has 5 aromatic carbocycles. The molecular formula is C61H51NO16S2. The lowest BCUT2D eigenvalue weighted by atomic mass is 9.82. The Hall–Kier alpha value is -9.07. The Balaban J connectivity index is 0.733. The van der Waals surface area contributed by atoms with Crippen molar-refractivity contribution in [2.75, 3.05) is 0 Å². The normalized spacial score (nSPS) is 16.7. The summed E-state index contributed by atoms with van der Waals surface area (Å²) in [5, 5.41) is 2.54. The summed E-state index contributed by atoms with van der Waals surface area (Å²) < 4.78 is 44.7. The van der Waals surface area contributed by atoms with E-state index in [1.165, 1.54) is 83.3 Å². The van der Waals surface area contributed by atoms with Crippen LogP contribution in [-0.2, 0) is 51.5 Å². The zero-order valence-corrected chi connectivity index (χ0v) is 44.5. The largest absolute Gasteiger partial charge is 0.461 e. The molecule has 2 saturated carbocycles. The number of hydrogen-bond donors (Lipinski definition) is 0. The maximum Gasteiger partial charge on any atom is 0.343 e. The smallest absolute Gasteiger partial charge is 0.343 e. The second kappa shape index (κ2) is 26.1. The van der Waals surface area contributed by atoms with Crippen LogP contribution in [0.2, 0.25) is 0 Å². The fourth-order valence-corrected chi connectivity index (χ4v) is 10.8. The fraction of sp³-hybridized carbons (Fsp3) is 0.230. The van der Waals surface area contributed by atoms with Crippen LogP contribution in [-0.4, -0.2) is 52.7 Å². The first-order valence-corrected chi connectivity index (χ1v) is 27.2. The molecule has 9 rings (SSSR count). The number of aromatic nitrogens is 1. The Morgan fingerprint density at radius 3 is 1.25 bits per heavy atom. The number of thiophene rings is 1. The fourth-order valence-electron chi connectivity index (χ4n) is 8.96. The van der Waals surface area contributed by atoms with E-state index in [-0.39, 0.29) is 82.9 Å². The van der Waals surface area contributed by atoms with Gasteiger partial charge in [-0.1, -0.05) is 43.5 Å². The predicted octanol–water partition coefficient (Wildman–Crippen LogP) is 11.6. The van der Waals surface area contributed by atoms with Gasteiger partial charge < -0.3 is 37.9 Å². The van der Waals surface area contributed by atoms with E-state index in [4.69, 9.17) is 42.9 Å². The molecule has 0 saturated heterocycles. The number of benzene rings is 5. The summed E-state index contributed by atoms with van der Waals surface area (Å²) >= 11 is 2.75. The van der Waals surface area contributed by atoms with Gasteiger partial charge in [-0.2, -0.15) is 0 Å². The van der Waals surface area contributed by atoms with Crippen molar-refractivity contribution in [1.29, 1.82) is 0 Å². The number of esters is 8. The molecule has 80 heavy (non-hydrogen) atoms. The summed E-state index contributed by atoms with van der Waals surface area (Å²) in [6.07, 6.45) is 5.72. The Morgan fingerprint density at radius 1 is 0.463 bits per heavy atom. The molecule has 0 radical (unpaired) electrons. The van der Waals surface area contributed by atoms with Crippen LogP contribution in [0.1, 0.15) is 83.2 Å². The topological polar surface area (TPSA) is 223 Å². The van der Waals surface area contributed by atoms with Gasteiger partial charge in [-0.15, -0.1) is 22.7 Å². The Labute approximate surface area is 466 Å². The van der Waals surface area contributed by atoms with Gasteiger partial charge in [-0.3, -0.25) is 19.2 Å². The second-order valence-corrected chi connectivity index (χ2v) is 20.7. The molecular weight excluding hydrogens is 1070 g/mol. The molecule has 0 unspecified atom stereocenters. The average Bonchev–Trinajstić information content (AvgIpc) is 4.22. The lowest BCUT2D eigenvalue weighted by Crippen LogP contribution is -2.29. The zero-order chi connectivity index (χ0) is 56.1. The first-order valence-electron chi connectivity index (χ1n) is 25.5. The number of nitrogens with zero attached hydrogens (tertiary/aromatic N) is 1. The highest BCUT2D eigenvalue weighted by Crippen LogP contribution is 2.42. The molecule has 2 heterocycles. The van der Waals surface area contributed by atoms with Gasteiger partial charge in [-0.05, 0) is 159 Å². The highest BCUT2D eigenvalue weighted by molar-refractivity contribution is 7.25. The third-order valence-corrected chi connectivity index (χ3v) is 15.5. The number of rotatable bonds is 19. The number of fused-ring (bicyclic) bond motifs is 1. The summed E-state index contributed by atoms with van der Waals surface area (Å²) in [5.41, 5.74) is 2.08. The van der Waals surface area contributed by atoms with Gasteiger partial charge >= 0.3 is 47.8 Å². The van der Waals surface area contributed by atoms with Crippen molar-refractivity contribution in [3.63, 3.8) is 0 Å². The first-order chi connectivity index (χ1) is 38.8. The third-order valence-electron chi connectivity index (χ3n) is 13.4. The highest BCUT2D eigenvalue weighted by atomic mass is 32.1. The van der Waals surface area contributed by atoms with E-state index in [1.807, 2.05) is 17.5 Å². The molecule has 0 aliphatic heterocycles. The summed E-state index contributed by atoms with van der Waals surface area (Å²) in [6.45, 7) is 6.67. The third kappa shape index (κ3) is 14.3. The van der Waals surface area contributed by atoms with Crippen LogP contribution in [0.3, 0.4) is 0 Å². The first kappa shape index (κ1) is 55.7. The van der Waals surface area contributed by atoms with E-state index < -0.39 is 35.8 Å². The molecule has 19 heteroatoms. The average molecular weight is 1120 g/mol. The van der Waals surface area contributed by atoms with Crippen LogP contribution in [0.4, 0.5) is 0 Å². The molecule has 7 aromatic rings. The minimum Gasteiger partial charge on any atom is -0.461 e. The van der Waals surface area contributed by atoms with Gasteiger partial charge in [0.25, 0.3) is 0 Å². The number of carbonyl (C=O) groups excluding carboxylic acids is 8. The highest BCUT2D eigenvalue weighted by Gasteiger charge is 2.34. The number of carbonyl (C=O) groups is 8. The van der Waals surface area contributed by atoms with E-state index in [2.05, 4.69) is 13.2 Å². The number of ether oxygens (including phenoxy) is 8. The lowest BCUT2D eigenvalue weighted by molar-refractivity contribution is -0.153. The quantitative estimate of drug-likeness (QED) is 0.0417. The number of hydrogen-bond acceptors (Lipinski definition) is 19. The van der Waals surface area contributed by atoms with Crippen LogP contribution in [0.5, 0.6) is 34.5 Å². The van der Waals surface area contributed by atoms with Crippen molar-refractivity contribution in [3.05, 3.63) is 174 Å². The summed E-state index contributed by atoms with van der Waals surface area (Å²) in [5.74, 6) is -4.06. The maximum atomic E-state index is 13.6. The van der Waals surface area contributed by atoms with E-state index in [0.29, 0.717) is 89.2 Å². The Bertz CT molecular complexity index is 3220. The molecule has 0 amide bonds. The molecule has 2 aromatic heterocycles. The maximum absolute atomic E-state index is 13.6. The van der Waals surface area contributed by atoms with Gasteiger partial charge in [0.2, 0.25) is 0 Å². The van der Waals surface area contributed by atoms with Gasteiger partial charge in [0.15, 0.2) is 11.5 Å². The summed E-state index contributed by atoms with van der Waals surface area (Å²) in [6, 6.07) is 31.9. The minimum atomic E-state index is -0.668. The summed E-state index contributed by atoms with van der Waals surface area (Å²) in [7, 11) is 0. The van der Waals surface area contributed by atoms with Crippen molar-refractivity contribution in [1.82, 2.24) is 4.98 Å².